The number of aromatic nitrogens is 2. The van der Waals surface area contributed by atoms with Gasteiger partial charge in [-0.25, -0.2) is 0 Å². The Morgan fingerprint density at radius 2 is 1.84 bits per heavy atom. The number of fused-ring (bicyclic) bond motifs is 1. The number of aromatic amines is 1. The van der Waals surface area contributed by atoms with Crippen molar-refractivity contribution in [2.75, 3.05) is 58.8 Å². The maximum atomic E-state index is 12.6. The molecule has 0 bridgehead atoms. The van der Waals surface area contributed by atoms with E-state index in [0.717, 1.165) is 37.9 Å². The molecule has 2 aromatic heterocycles. The van der Waals surface area contributed by atoms with Crippen molar-refractivity contribution in [2.24, 2.45) is 0 Å². The quantitative estimate of drug-likeness (QED) is 0.304. The first-order valence-corrected chi connectivity index (χ1v) is 13.6. The summed E-state index contributed by atoms with van der Waals surface area (Å²) in [5.74, 6) is 1.08. The molecule has 1 fully saturated rings. The number of nitrogens with one attached hydrogen (secondary N) is 2. The summed E-state index contributed by atoms with van der Waals surface area (Å²) in [7, 11) is 3.79. The van der Waals surface area contributed by atoms with Gasteiger partial charge in [0.2, 0.25) is 0 Å². The van der Waals surface area contributed by atoms with Crippen LogP contribution in [0.3, 0.4) is 0 Å². The van der Waals surface area contributed by atoms with E-state index in [1.807, 2.05) is 12.1 Å². The molecule has 1 aliphatic rings. The summed E-state index contributed by atoms with van der Waals surface area (Å²) < 4.78 is 11.7. The highest BCUT2D eigenvalue weighted by molar-refractivity contribution is 6.39. The fraction of sp³-hybridized carbons (Fsp3) is 0.481. The van der Waals surface area contributed by atoms with Gasteiger partial charge in [0.15, 0.2) is 11.5 Å². The summed E-state index contributed by atoms with van der Waals surface area (Å²) in [4.78, 5) is 24.4. The van der Waals surface area contributed by atoms with Crippen molar-refractivity contribution >= 4 is 45.5 Å². The van der Waals surface area contributed by atoms with Crippen LogP contribution in [0.5, 0.6) is 11.5 Å². The summed E-state index contributed by atoms with van der Waals surface area (Å²) in [6.07, 6.45) is 8.62. The summed E-state index contributed by atoms with van der Waals surface area (Å²) in [6.45, 7) is 6.40. The molecule has 0 saturated carbocycles. The van der Waals surface area contributed by atoms with E-state index in [-0.39, 0.29) is 5.56 Å². The largest absolute Gasteiger partial charge is 0.493 e. The standard InChI is InChI=1S/C27H35Cl2N5O3/c1-33-10-7-12-34(14-13-33)11-5-3-4-6-15-37-27-23(36-2)9-8-19-22(16-24(35)32-25(19)27)31-26-20(28)17-30-18-21(26)29/h8-9,16-18H,3-7,10-15H2,1-2H3,(H2,30,31,32,35). The monoisotopic (exact) mass is 547 g/mol. The molecule has 2 N–H and O–H groups in total. The van der Waals surface area contributed by atoms with Crippen molar-refractivity contribution in [2.45, 2.75) is 32.1 Å². The van der Waals surface area contributed by atoms with Crippen LogP contribution in [0.1, 0.15) is 32.1 Å². The van der Waals surface area contributed by atoms with Crippen LogP contribution in [0.15, 0.2) is 35.4 Å². The Morgan fingerprint density at radius 3 is 2.62 bits per heavy atom. The van der Waals surface area contributed by atoms with Gasteiger partial charge >= 0.3 is 0 Å². The molecule has 0 unspecified atom stereocenters. The second-order valence-corrected chi connectivity index (χ2v) is 10.2. The number of unbranched alkanes of at least 4 members (excludes halogenated alkanes) is 3. The van der Waals surface area contributed by atoms with Gasteiger partial charge in [-0.1, -0.05) is 36.0 Å². The summed E-state index contributed by atoms with van der Waals surface area (Å²) in [5, 5.41) is 4.65. The predicted molar refractivity (Wildman–Crippen MR) is 151 cm³/mol. The third-order valence-corrected chi connectivity index (χ3v) is 7.27. The first kappa shape index (κ1) is 27.5. The number of anilines is 2. The first-order chi connectivity index (χ1) is 18.0. The summed E-state index contributed by atoms with van der Waals surface area (Å²) >= 11 is 12.6. The van der Waals surface area contributed by atoms with Crippen LogP contribution < -0.4 is 20.3 Å². The Labute approximate surface area is 227 Å². The molecular formula is C27H35Cl2N5O3. The third kappa shape index (κ3) is 7.29. The molecule has 37 heavy (non-hydrogen) atoms. The van der Waals surface area contributed by atoms with Crippen LogP contribution in [0, 0.1) is 0 Å². The number of likely N-dealkylation sites (N-methyl/N-ethyl adjacent to an activating group) is 1. The average Bonchev–Trinajstić information content (AvgIpc) is 3.09. The van der Waals surface area contributed by atoms with Crippen molar-refractivity contribution < 1.29 is 9.47 Å². The number of methoxy groups -OCH3 is 1. The van der Waals surface area contributed by atoms with E-state index in [1.165, 1.54) is 50.8 Å². The Kier molecular flexibility index (Phi) is 9.91. The number of hydrogen-bond donors (Lipinski definition) is 2. The maximum Gasteiger partial charge on any atom is 0.250 e. The molecule has 0 amide bonds. The number of ether oxygens (including phenoxy) is 2. The number of H-pyrrole nitrogens is 1. The van der Waals surface area contributed by atoms with Crippen molar-refractivity contribution in [3.8, 4) is 11.5 Å². The van der Waals surface area contributed by atoms with Gasteiger partial charge in [-0.15, -0.1) is 0 Å². The van der Waals surface area contributed by atoms with Gasteiger partial charge in [0, 0.05) is 36.9 Å². The Morgan fingerprint density at radius 1 is 1.05 bits per heavy atom. The van der Waals surface area contributed by atoms with E-state index >= 15 is 0 Å². The van der Waals surface area contributed by atoms with E-state index in [0.29, 0.717) is 45.0 Å². The van der Waals surface area contributed by atoms with Crippen molar-refractivity contribution in [3.63, 3.8) is 0 Å². The highest BCUT2D eigenvalue weighted by Gasteiger charge is 2.16. The smallest absolute Gasteiger partial charge is 0.250 e. The van der Waals surface area contributed by atoms with Gasteiger partial charge in [-0.3, -0.25) is 9.78 Å². The molecule has 3 aromatic rings. The van der Waals surface area contributed by atoms with Crippen molar-refractivity contribution in [1.82, 2.24) is 19.8 Å². The average molecular weight is 549 g/mol. The lowest BCUT2D eigenvalue weighted by Gasteiger charge is -2.19. The number of pyridine rings is 2. The van der Waals surface area contributed by atoms with Crippen LogP contribution in [-0.4, -0.2) is 73.3 Å². The van der Waals surface area contributed by atoms with Crippen LogP contribution in [0.2, 0.25) is 10.0 Å². The molecule has 1 aromatic carbocycles. The molecule has 0 atom stereocenters. The number of hydrogen-bond acceptors (Lipinski definition) is 7. The molecule has 0 aliphatic carbocycles. The number of rotatable bonds is 11. The fourth-order valence-electron chi connectivity index (χ4n) is 4.64. The lowest BCUT2D eigenvalue weighted by Crippen LogP contribution is -2.29. The molecule has 0 spiro atoms. The normalized spacial score (nSPS) is 15.0. The van der Waals surface area contributed by atoms with Gasteiger partial charge in [0.25, 0.3) is 5.56 Å². The van der Waals surface area contributed by atoms with Gasteiger partial charge in [-0.05, 0) is 58.1 Å². The van der Waals surface area contributed by atoms with Gasteiger partial charge < -0.3 is 29.6 Å². The Hall–Kier alpha value is -2.52. The molecule has 8 nitrogen and oxygen atoms in total. The second kappa shape index (κ2) is 13.3. The topological polar surface area (TPSA) is 82.7 Å². The molecule has 200 valence electrons. The fourth-order valence-corrected chi connectivity index (χ4v) is 5.10. The van der Waals surface area contributed by atoms with Gasteiger partial charge in [-0.2, -0.15) is 0 Å². The SMILES string of the molecule is COc1ccc2c(Nc3c(Cl)cncc3Cl)cc(=O)[nH]c2c1OCCCCCCN1CCCN(C)CC1. The minimum absolute atomic E-state index is 0.283. The van der Waals surface area contributed by atoms with Crippen molar-refractivity contribution in [3.05, 3.63) is 51.0 Å². The molecule has 1 saturated heterocycles. The highest BCUT2D eigenvalue weighted by Crippen LogP contribution is 2.39. The van der Waals surface area contributed by atoms with E-state index < -0.39 is 0 Å². The lowest BCUT2D eigenvalue weighted by molar-refractivity contribution is 0.264. The predicted octanol–water partition coefficient (Wildman–Crippen LogP) is 5.56. The van der Waals surface area contributed by atoms with E-state index in [4.69, 9.17) is 32.7 Å². The molecule has 3 heterocycles. The third-order valence-electron chi connectivity index (χ3n) is 6.70. The number of halogens is 2. The highest BCUT2D eigenvalue weighted by atomic mass is 35.5. The van der Waals surface area contributed by atoms with Crippen LogP contribution in [0.25, 0.3) is 10.9 Å². The maximum absolute atomic E-state index is 12.6. The summed E-state index contributed by atoms with van der Waals surface area (Å²) in [6, 6.07) is 5.16. The van der Waals surface area contributed by atoms with Gasteiger partial charge in [0.05, 0.1) is 40.7 Å². The second-order valence-electron chi connectivity index (χ2n) is 9.43. The zero-order valence-corrected chi connectivity index (χ0v) is 23.0. The Balaban J connectivity index is 1.39. The molecular weight excluding hydrogens is 513 g/mol. The number of nitrogens with zero attached hydrogens (tertiary/aromatic N) is 3. The lowest BCUT2D eigenvalue weighted by atomic mass is 10.1. The molecule has 1 aliphatic heterocycles. The zero-order chi connectivity index (χ0) is 26.2. The Bertz CT molecular complexity index is 1230. The van der Waals surface area contributed by atoms with E-state index in [2.05, 4.69) is 32.1 Å². The van der Waals surface area contributed by atoms with Crippen LogP contribution in [-0.2, 0) is 0 Å². The van der Waals surface area contributed by atoms with Gasteiger partial charge in [0.1, 0.15) is 0 Å². The van der Waals surface area contributed by atoms with Crippen LogP contribution >= 0.6 is 23.2 Å². The van der Waals surface area contributed by atoms with E-state index in [1.54, 1.807) is 7.11 Å². The van der Waals surface area contributed by atoms with E-state index in [9.17, 15) is 4.79 Å². The number of benzene rings is 1. The zero-order valence-electron chi connectivity index (χ0n) is 21.5. The minimum Gasteiger partial charge on any atom is -0.493 e. The van der Waals surface area contributed by atoms with Crippen LogP contribution in [0.4, 0.5) is 11.4 Å². The first-order valence-electron chi connectivity index (χ1n) is 12.8. The minimum atomic E-state index is -0.283. The van der Waals surface area contributed by atoms with Crippen molar-refractivity contribution in [1.29, 1.82) is 0 Å². The molecule has 0 radical (unpaired) electrons. The summed E-state index contributed by atoms with van der Waals surface area (Å²) in [5.41, 5.74) is 1.31. The molecule has 10 heteroatoms. The molecule has 4 rings (SSSR count).